The average molecular weight is 467 g/mol. The number of thioether (sulfide) groups is 1. The van der Waals surface area contributed by atoms with Crippen molar-refractivity contribution in [3.63, 3.8) is 0 Å². The van der Waals surface area contributed by atoms with E-state index in [1.807, 2.05) is 6.26 Å². The summed E-state index contributed by atoms with van der Waals surface area (Å²) in [5, 5.41) is 29.3. The third kappa shape index (κ3) is 8.39. The van der Waals surface area contributed by atoms with Crippen molar-refractivity contribution in [2.45, 2.75) is 43.8 Å². The van der Waals surface area contributed by atoms with Gasteiger partial charge in [-0.1, -0.05) is 12.1 Å². The van der Waals surface area contributed by atoms with Crippen LogP contribution in [0.25, 0.3) is 0 Å². The second-order valence-electron chi connectivity index (χ2n) is 7.54. The van der Waals surface area contributed by atoms with Gasteiger partial charge >= 0.3 is 5.97 Å². The van der Waals surface area contributed by atoms with Crippen LogP contribution in [0.1, 0.15) is 24.8 Å². The molecule has 6 N–H and O–H groups in total. The van der Waals surface area contributed by atoms with Gasteiger partial charge in [0.25, 0.3) is 0 Å². The predicted octanol–water partition coefficient (Wildman–Crippen LogP) is -0.390. The highest BCUT2D eigenvalue weighted by Gasteiger charge is 2.28. The van der Waals surface area contributed by atoms with Gasteiger partial charge in [-0.3, -0.25) is 14.4 Å². The van der Waals surface area contributed by atoms with Gasteiger partial charge in [-0.15, -0.1) is 0 Å². The van der Waals surface area contributed by atoms with Gasteiger partial charge in [0.2, 0.25) is 17.7 Å². The van der Waals surface area contributed by atoms with Gasteiger partial charge in [0, 0.05) is 6.42 Å². The van der Waals surface area contributed by atoms with Crippen LogP contribution < -0.4 is 21.3 Å². The van der Waals surface area contributed by atoms with E-state index in [4.69, 9.17) is 0 Å². The van der Waals surface area contributed by atoms with E-state index in [1.165, 1.54) is 23.9 Å². The minimum atomic E-state index is -1.14. The van der Waals surface area contributed by atoms with Crippen molar-refractivity contribution in [1.29, 1.82) is 0 Å². The molecule has 2 rings (SSSR count). The Kier molecular flexibility index (Phi) is 10.3. The number of hydrogen-bond acceptors (Lipinski definition) is 7. The molecule has 0 radical (unpaired) electrons. The molecule has 3 amide bonds. The number of hydrogen-bond donors (Lipinski definition) is 6. The Labute approximate surface area is 190 Å². The summed E-state index contributed by atoms with van der Waals surface area (Å²) in [6.45, 7) is 0.319. The van der Waals surface area contributed by atoms with Gasteiger partial charge in [0.15, 0.2) is 0 Å². The van der Waals surface area contributed by atoms with Gasteiger partial charge in [0.05, 0.1) is 12.6 Å². The molecule has 3 unspecified atom stereocenters. The molecule has 0 aliphatic carbocycles. The van der Waals surface area contributed by atoms with Crippen LogP contribution in [-0.4, -0.2) is 77.1 Å². The summed E-state index contributed by atoms with van der Waals surface area (Å²) in [6, 6.07) is 3.91. The first-order valence-corrected chi connectivity index (χ1v) is 11.8. The monoisotopic (exact) mass is 466 g/mol. The zero-order chi connectivity index (χ0) is 23.5. The molecule has 1 fully saturated rings. The van der Waals surface area contributed by atoms with Crippen LogP contribution in [0, 0.1) is 0 Å². The fourth-order valence-corrected chi connectivity index (χ4v) is 3.76. The van der Waals surface area contributed by atoms with Crippen molar-refractivity contribution in [2.24, 2.45) is 0 Å². The number of nitrogens with one attached hydrogen (secondary N) is 4. The Hall–Kier alpha value is -2.79. The molecule has 1 aliphatic rings. The molecular formula is C21H30N4O6S. The molecule has 0 bridgehead atoms. The molecule has 0 spiro atoms. The van der Waals surface area contributed by atoms with E-state index >= 15 is 0 Å². The third-order valence-corrected chi connectivity index (χ3v) is 5.70. The molecule has 1 aliphatic heterocycles. The number of aromatic hydroxyl groups is 1. The lowest BCUT2D eigenvalue weighted by molar-refractivity contribution is -0.141. The van der Waals surface area contributed by atoms with E-state index in [0.29, 0.717) is 12.2 Å². The molecule has 1 aromatic carbocycles. The molecule has 10 nitrogen and oxygen atoms in total. The van der Waals surface area contributed by atoms with E-state index in [1.54, 1.807) is 12.1 Å². The Bertz CT molecular complexity index is 798. The second kappa shape index (κ2) is 12.9. The molecule has 1 saturated heterocycles. The molecule has 3 atom stereocenters. The Morgan fingerprint density at radius 2 is 1.88 bits per heavy atom. The van der Waals surface area contributed by atoms with Crippen LogP contribution >= 0.6 is 11.8 Å². The highest BCUT2D eigenvalue weighted by molar-refractivity contribution is 7.98. The summed E-state index contributed by atoms with van der Waals surface area (Å²) in [5.41, 5.74) is 0.718. The largest absolute Gasteiger partial charge is 0.508 e. The minimum absolute atomic E-state index is 0.0834. The number of aliphatic carboxylic acids is 1. The number of carboxylic acids is 1. The summed E-state index contributed by atoms with van der Waals surface area (Å²) < 4.78 is 0. The summed E-state index contributed by atoms with van der Waals surface area (Å²) in [6.07, 6.45) is 3.81. The van der Waals surface area contributed by atoms with Crippen LogP contribution in [0.2, 0.25) is 0 Å². The maximum Gasteiger partial charge on any atom is 0.326 e. The SMILES string of the molecule is CSCCC(NC(=O)CNC(=O)C(Cc1ccc(O)cc1)NC(=O)C1CCCN1)C(=O)O. The lowest BCUT2D eigenvalue weighted by Gasteiger charge is -2.21. The standard InChI is InChI=1S/C21H30N4O6S/c1-32-10-8-16(21(30)31)24-18(27)12-23-19(28)17(11-13-4-6-14(26)7-5-13)25-20(29)15-3-2-9-22-15/h4-7,15-17,22,26H,2-3,8-12H2,1H3,(H,23,28)(H,24,27)(H,25,29)(H,30,31). The maximum absolute atomic E-state index is 12.8. The topological polar surface area (TPSA) is 157 Å². The molecule has 176 valence electrons. The molecule has 0 aromatic heterocycles. The van der Waals surface area contributed by atoms with Crippen molar-refractivity contribution < 1.29 is 29.4 Å². The Morgan fingerprint density at radius 1 is 1.16 bits per heavy atom. The minimum Gasteiger partial charge on any atom is -0.508 e. The van der Waals surface area contributed by atoms with Crippen LogP contribution in [0.5, 0.6) is 5.75 Å². The lowest BCUT2D eigenvalue weighted by atomic mass is 10.0. The number of carboxylic acid groups (broad SMARTS) is 1. The van der Waals surface area contributed by atoms with E-state index in [9.17, 15) is 29.4 Å². The van der Waals surface area contributed by atoms with Gasteiger partial charge in [0.1, 0.15) is 17.8 Å². The fraction of sp³-hybridized carbons (Fsp3) is 0.524. The van der Waals surface area contributed by atoms with Crippen molar-refractivity contribution in [2.75, 3.05) is 25.1 Å². The van der Waals surface area contributed by atoms with Crippen molar-refractivity contribution in [3.05, 3.63) is 29.8 Å². The van der Waals surface area contributed by atoms with Crippen LogP contribution in [0.3, 0.4) is 0 Å². The number of carbonyl (C=O) groups excluding carboxylic acids is 3. The molecule has 1 heterocycles. The predicted molar refractivity (Wildman–Crippen MR) is 120 cm³/mol. The van der Waals surface area contributed by atoms with E-state index in [-0.39, 0.29) is 30.5 Å². The van der Waals surface area contributed by atoms with Gasteiger partial charge in [-0.05, 0) is 55.5 Å². The summed E-state index contributed by atoms with van der Waals surface area (Å²) in [4.78, 5) is 48.7. The molecule has 0 saturated carbocycles. The number of phenolic OH excluding ortho intramolecular Hbond substituents is 1. The zero-order valence-electron chi connectivity index (χ0n) is 17.9. The molecule has 32 heavy (non-hydrogen) atoms. The number of carbonyl (C=O) groups is 4. The van der Waals surface area contributed by atoms with Crippen LogP contribution in [-0.2, 0) is 25.6 Å². The van der Waals surface area contributed by atoms with Crippen LogP contribution in [0.4, 0.5) is 0 Å². The van der Waals surface area contributed by atoms with Gasteiger partial charge < -0.3 is 31.5 Å². The van der Waals surface area contributed by atoms with E-state index < -0.39 is 36.4 Å². The molecular weight excluding hydrogens is 436 g/mol. The first kappa shape index (κ1) is 25.5. The highest BCUT2D eigenvalue weighted by atomic mass is 32.2. The molecule has 11 heteroatoms. The van der Waals surface area contributed by atoms with Crippen molar-refractivity contribution in [1.82, 2.24) is 21.3 Å². The Morgan fingerprint density at radius 3 is 2.47 bits per heavy atom. The summed E-state index contributed by atoms with van der Waals surface area (Å²) in [7, 11) is 0. The fourth-order valence-electron chi connectivity index (χ4n) is 3.29. The second-order valence-corrected chi connectivity index (χ2v) is 8.52. The van der Waals surface area contributed by atoms with Gasteiger partial charge in [-0.2, -0.15) is 11.8 Å². The number of amides is 3. The first-order valence-electron chi connectivity index (χ1n) is 10.4. The zero-order valence-corrected chi connectivity index (χ0v) is 18.7. The van der Waals surface area contributed by atoms with Crippen molar-refractivity contribution >= 4 is 35.5 Å². The third-order valence-electron chi connectivity index (χ3n) is 5.05. The summed E-state index contributed by atoms with van der Waals surface area (Å²) in [5.74, 6) is -1.97. The van der Waals surface area contributed by atoms with E-state index in [2.05, 4.69) is 21.3 Å². The number of phenols is 1. The number of benzene rings is 1. The first-order chi connectivity index (χ1) is 15.3. The summed E-state index contributed by atoms with van der Waals surface area (Å²) >= 11 is 1.47. The van der Waals surface area contributed by atoms with Crippen molar-refractivity contribution in [3.8, 4) is 5.75 Å². The normalized spacial score (nSPS) is 17.2. The number of rotatable bonds is 12. The van der Waals surface area contributed by atoms with Gasteiger partial charge in [-0.25, -0.2) is 4.79 Å². The molecule has 1 aromatic rings. The smallest absolute Gasteiger partial charge is 0.326 e. The Balaban J connectivity index is 1.97. The quantitative estimate of drug-likeness (QED) is 0.243. The van der Waals surface area contributed by atoms with Crippen LogP contribution in [0.15, 0.2) is 24.3 Å². The highest BCUT2D eigenvalue weighted by Crippen LogP contribution is 2.12. The average Bonchev–Trinajstić information content (AvgIpc) is 3.31. The lowest BCUT2D eigenvalue weighted by Crippen LogP contribution is -2.54. The maximum atomic E-state index is 12.8. The van der Waals surface area contributed by atoms with E-state index in [0.717, 1.165) is 18.5 Å².